The molecule has 2 rings (SSSR count). The van der Waals surface area contributed by atoms with Crippen LogP contribution < -0.4 is 4.74 Å². The molecule has 0 unspecified atom stereocenters. The summed E-state index contributed by atoms with van der Waals surface area (Å²) in [5, 5.41) is 0. The number of hydrogen-bond donors (Lipinski definition) is 0. The van der Waals surface area contributed by atoms with Crippen molar-refractivity contribution in [3.63, 3.8) is 0 Å². The molecule has 0 fully saturated rings. The highest BCUT2D eigenvalue weighted by atomic mass is 35.5. The predicted octanol–water partition coefficient (Wildman–Crippen LogP) is 3.24. The molecule has 0 aliphatic rings. The Bertz CT molecular complexity index is 538. The minimum absolute atomic E-state index is 0.141. The van der Waals surface area contributed by atoms with Crippen molar-refractivity contribution < 1.29 is 9.53 Å². The average molecular weight is 264 g/mol. The average Bonchev–Trinajstić information content (AvgIpc) is 2.70. The largest absolute Gasteiger partial charge is 0.426 e. The van der Waals surface area contributed by atoms with Crippen LogP contribution in [0.25, 0.3) is 5.69 Å². The molecule has 4 heteroatoms. The van der Waals surface area contributed by atoms with Crippen LogP contribution in [0.3, 0.4) is 0 Å². The number of hydrogen-bond acceptors (Lipinski definition) is 2. The van der Waals surface area contributed by atoms with E-state index in [-0.39, 0.29) is 5.88 Å². The molecule has 0 saturated heterocycles. The molecular formula is C14H14ClNO2. The highest BCUT2D eigenvalue weighted by Crippen LogP contribution is 2.19. The van der Waals surface area contributed by atoms with Gasteiger partial charge in [-0.1, -0.05) is 0 Å². The predicted molar refractivity (Wildman–Crippen MR) is 71.6 cm³/mol. The number of aromatic nitrogens is 1. The van der Waals surface area contributed by atoms with Crippen molar-refractivity contribution in [2.75, 3.05) is 5.88 Å². The number of esters is 1. The molecule has 1 heterocycles. The first-order valence-electron chi connectivity index (χ1n) is 5.64. The topological polar surface area (TPSA) is 31.2 Å². The van der Waals surface area contributed by atoms with Gasteiger partial charge >= 0.3 is 5.97 Å². The molecule has 0 atom stereocenters. The molecule has 2 aromatic rings. The molecule has 1 aromatic carbocycles. The van der Waals surface area contributed by atoms with Crippen LogP contribution in [0.5, 0.6) is 5.75 Å². The van der Waals surface area contributed by atoms with Crippen LogP contribution in [-0.2, 0) is 4.79 Å². The zero-order valence-corrected chi connectivity index (χ0v) is 11.1. The molecule has 0 bridgehead atoms. The summed E-state index contributed by atoms with van der Waals surface area (Å²) in [6.07, 6.45) is 0. The zero-order valence-electron chi connectivity index (χ0n) is 10.3. The van der Waals surface area contributed by atoms with Crippen molar-refractivity contribution in [1.29, 1.82) is 0 Å². The van der Waals surface area contributed by atoms with E-state index >= 15 is 0 Å². The van der Waals surface area contributed by atoms with E-state index in [1.54, 1.807) is 12.1 Å². The van der Waals surface area contributed by atoms with E-state index in [9.17, 15) is 4.79 Å². The minimum atomic E-state index is -0.447. The fourth-order valence-corrected chi connectivity index (χ4v) is 1.95. The maximum Gasteiger partial charge on any atom is 0.326 e. The number of alkyl halides is 1. The van der Waals surface area contributed by atoms with Crippen LogP contribution >= 0.6 is 11.6 Å². The van der Waals surface area contributed by atoms with Crippen molar-refractivity contribution in [1.82, 2.24) is 4.57 Å². The third-order valence-corrected chi connectivity index (χ3v) is 2.93. The molecule has 0 saturated carbocycles. The van der Waals surface area contributed by atoms with E-state index in [0.717, 1.165) is 17.1 Å². The molecule has 0 spiro atoms. The second-order valence-corrected chi connectivity index (χ2v) is 4.32. The second-order valence-electron chi connectivity index (χ2n) is 4.05. The molecule has 0 N–H and O–H groups in total. The quantitative estimate of drug-likeness (QED) is 0.484. The highest BCUT2D eigenvalue weighted by molar-refractivity contribution is 6.26. The number of benzene rings is 1. The van der Waals surface area contributed by atoms with Gasteiger partial charge in [-0.3, -0.25) is 4.79 Å². The lowest BCUT2D eigenvalue weighted by atomic mass is 10.3. The van der Waals surface area contributed by atoms with Gasteiger partial charge in [0.1, 0.15) is 11.6 Å². The lowest BCUT2D eigenvalue weighted by Gasteiger charge is -2.10. The van der Waals surface area contributed by atoms with Crippen molar-refractivity contribution in [2.24, 2.45) is 0 Å². The van der Waals surface area contributed by atoms with Gasteiger partial charge in [0.05, 0.1) is 0 Å². The molecule has 0 aliphatic carbocycles. The Kier molecular flexibility index (Phi) is 3.72. The smallest absolute Gasteiger partial charge is 0.326 e. The van der Waals surface area contributed by atoms with Crippen LogP contribution in [0, 0.1) is 13.8 Å². The Morgan fingerprint density at radius 3 is 2.17 bits per heavy atom. The molecule has 18 heavy (non-hydrogen) atoms. The van der Waals surface area contributed by atoms with Crippen LogP contribution in [0.15, 0.2) is 36.4 Å². The van der Waals surface area contributed by atoms with Gasteiger partial charge in [0.25, 0.3) is 0 Å². The van der Waals surface area contributed by atoms with Gasteiger partial charge in [0.2, 0.25) is 0 Å². The van der Waals surface area contributed by atoms with Crippen molar-refractivity contribution in [2.45, 2.75) is 13.8 Å². The number of carbonyl (C=O) groups is 1. The molecule has 0 aliphatic heterocycles. The first kappa shape index (κ1) is 12.7. The first-order chi connectivity index (χ1) is 8.61. The van der Waals surface area contributed by atoms with E-state index in [4.69, 9.17) is 16.3 Å². The van der Waals surface area contributed by atoms with Crippen LogP contribution in [0.4, 0.5) is 0 Å². The third-order valence-electron chi connectivity index (χ3n) is 2.71. The summed E-state index contributed by atoms with van der Waals surface area (Å²) in [5.74, 6) is -0.0815. The van der Waals surface area contributed by atoms with Gasteiger partial charge in [-0.15, -0.1) is 11.6 Å². The Morgan fingerprint density at radius 1 is 1.11 bits per heavy atom. The van der Waals surface area contributed by atoms with Gasteiger partial charge in [0, 0.05) is 17.1 Å². The summed E-state index contributed by atoms with van der Waals surface area (Å²) in [4.78, 5) is 11.0. The molecule has 3 nitrogen and oxygen atoms in total. The number of aryl methyl sites for hydroxylation is 2. The summed E-state index contributed by atoms with van der Waals surface area (Å²) in [6.45, 7) is 4.10. The summed E-state index contributed by atoms with van der Waals surface area (Å²) < 4.78 is 7.15. The molecule has 1 aromatic heterocycles. The van der Waals surface area contributed by atoms with Crippen molar-refractivity contribution >= 4 is 17.6 Å². The zero-order chi connectivity index (χ0) is 13.1. The minimum Gasteiger partial charge on any atom is -0.426 e. The SMILES string of the molecule is Cc1ccc(C)n1-c1ccc(OC(=O)CCl)cc1. The Balaban J connectivity index is 2.25. The van der Waals surface area contributed by atoms with Crippen LogP contribution in [0.1, 0.15) is 11.4 Å². The highest BCUT2D eigenvalue weighted by Gasteiger charge is 2.05. The van der Waals surface area contributed by atoms with Crippen molar-refractivity contribution in [3.05, 3.63) is 47.8 Å². The molecule has 0 amide bonds. The number of ether oxygens (including phenoxy) is 1. The Morgan fingerprint density at radius 2 is 1.67 bits per heavy atom. The summed E-state index contributed by atoms with van der Waals surface area (Å²) in [6, 6.07) is 11.5. The van der Waals surface area contributed by atoms with Gasteiger partial charge < -0.3 is 9.30 Å². The fraction of sp³-hybridized carbons (Fsp3) is 0.214. The van der Waals surface area contributed by atoms with Crippen LogP contribution in [-0.4, -0.2) is 16.4 Å². The fourth-order valence-electron chi connectivity index (χ4n) is 1.90. The van der Waals surface area contributed by atoms with E-state index in [1.807, 2.05) is 12.1 Å². The normalized spacial score (nSPS) is 10.4. The third kappa shape index (κ3) is 2.57. The summed E-state index contributed by atoms with van der Waals surface area (Å²) >= 11 is 5.38. The molecule has 0 radical (unpaired) electrons. The molecular weight excluding hydrogens is 250 g/mol. The van der Waals surface area contributed by atoms with Gasteiger partial charge in [-0.2, -0.15) is 0 Å². The van der Waals surface area contributed by atoms with E-state index in [1.165, 1.54) is 0 Å². The Hall–Kier alpha value is -1.74. The number of rotatable bonds is 3. The maximum absolute atomic E-state index is 11.0. The van der Waals surface area contributed by atoms with Crippen LogP contribution in [0.2, 0.25) is 0 Å². The summed E-state index contributed by atoms with van der Waals surface area (Å²) in [5.41, 5.74) is 3.37. The van der Waals surface area contributed by atoms with Gasteiger partial charge in [-0.25, -0.2) is 0 Å². The number of nitrogens with zero attached hydrogens (tertiary/aromatic N) is 1. The van der Waals surface area contributed by atoms with E-state index < -0.39 is 5.97 Å². The Labute approximate surface area is 111 Å². The standard InChI is InChI=1S/C14H14ClNO2/c1-10-3-4-11(2)16(10)12-5-7-13(8-6-12)18-14(17)9-15/h3-8H,9H2,1-2H3. The summed E-state index contributed by atoms with van der Waals surface area (Å²) in [7, 11) is 0. The maximum atomic E-state index is 11.0. The molecule has 94 valence electrons. The van der Waals surface area contributed by atoms with E-state index in [2.05, 4.69) is 30.5 Å². The second kappa shape index (κ2) is 5.27. The lowest BCUT2D eigenvalue weighted by Crippen LogP contribution is -2.08. The van der Waals surface area contributed by atoms with E-state index in [0.29, 0.717) is 5.75 Å². The monoisotopic (exact) mass is 263 g/mol. The van der Waals surface area contributed by atoms with Gasteiger partial charge in [0.15, 0.2) is 0 Å². The lowest BCUT2D eigenvalue weighted by molar-refractivity contribution is -0.131. The first-order valence-corrected chi connectivity index (χ1v) is 6.17. The number of halogens is 1. The number of carbonyl (C=O) groups excluding carboxylic acids is 1. The van der Waals surface area contributed by atoms with Gasteiger partial charge in [-0.05, 0) is 50.2 Å². The van der Waals surface area contributed by atoms with Crippen molar-refractivity contribution in [3.8, 4) is 11.4 Å².